The van der Waals surface area contributed by atoms with Crippen molar-refractivity contribution in [3.8, 4) is 0 Å². The third-order valence-corrected chi connectivity index (χ3v) is 2.20. The van der Waals surface area contributed by atoms with E-state index in [0.29, 0.717) is 6.42 Å². The Labute approximate surface area is 84.1 Å². The Hall–Kier alpha value is -1.51. The lowest BCUT2D eigenvalue weighted by atomic mass is 10.1. The van der Waals surface area contributed by atoms with E-state index in [2.05, 4.69) is 10.1 Å². The minimum atomic E-state index is -0.207. The third-order valence-electron chi connectivity index (χ3n) is 2.20. The number of ether oxygens (including phenoxy) is 1. The van der Waals surface area contributed by atoms with Crippen LogP contribution in [0.1, 0.15) is 11.1 Å². The predicted molar refractivity (Wildman–Crippen MR) is 56.4 cm³/mol. The highest BCUT2D eigenvalue weighted by molar-refractivity contribution is 5.73. The van der Waals surface area contributed by atoms with Crippen LogP contribution in [0.4, 0.5) is 5.69 Å². The lowest BCUT2D eigenvalue weighted by Crippen LogP contribution is -2.06. The molecule has 1 aromatic rings. The molecule has 0 spiro atoms. The van der Waals surface area contributed by atoms with E-state index in [1.165, 1.54) is 7.11 Å². The van der Waals surface area contributed by atoms with Crippen LogP contribution in [0, 0.1) is 6.92 Å². The summed E-state index contributed by atoms with van der Waals surface area (Å²) in [6.45, 7) is 1.98. The van der Waals surface area contributed by atoms with Crippen molar-refractivity contribution in [2.24, 2.45) is 0 Å². The monoisotopic (exact) mass is 193 g/mol. The maximum absolute atomic E-state index is 11.1. The zero-order valence-electron chi connectivity index (χ0n) is 8.76. The zero-order valence-corrected chi connectivity index (χ0v) is 8.76. The molecule has 0 fully saturated rings. The quantitative estimate of drug-likeness (QED) is 0.743. The number of nitrogens with one attached hydrogen (secondary N) is 1. The Kier molecular flexibility index (Phi) is 3.51. The number of anilines is 1. The average Bonchev–Trinajstić information content (AvgIpc) is 2.21. The molecule has 0 aliphatic heterocycles. The first-order valence-electron chi connectivity index (χ1n) is 4.51. The van der Waals surface area contributed by atoms with Gasteiger partial charge < -0.3 is 10.1 Å². The van der Waals surface area contributed by atoms with Crippen LogP contribution in [0.3, 0.4) is 0 Å². The number of benzene rings is 1. The summed E-state index contributed by atoms with van der Waals surface area (Å²) < 4.78 is 4.62. The van der Waals surface area contributed by atoms with E-state index < -0.39 is 0 Å². The molecule has 0 saturated carbocycles. The van der Waals surface area contributed by atoms with Crippen molar-refractivity contribution in [3.05, 3.63) is 29.3 Å². The molecular weight excluding hydrogens is 178 g/mol. The van der Waals surface area contributed by atoms with E-state index >= 15 is 0 Å². The van der Waals surface area contributed by atoms with Gasteiger partial charge in [0.2, 0.25) is 0 Å². The molecule has 0 aliphatic carbocycles. The molecule has 0 aliphatic rings. The molecule has 0 aromatic heterocycles. The largest absolute Gasteiger partial charge is 0.469 e. The molecule has 76 valence electrons. The van der Waals surface area contributed by atoms with E-state index in [1.807, 2.05) is 32.2 Å². The molecule has 1 N–H and O–H groups in total. The fourth-order valence-corrected chi connectivity index (χ4v) is 1.25. The molecule has 3 nitrogen and oxygen atoms in total. The maximum atomic E-state index is 11.1. The van der Waals surface area contributed by atoms with Crippen LogP contribution in [0.5, 0.6) is 0 Å². The van der Waals surface area contributed by atoms with Crippen LogP contribution in [-0.4, -0.2) is 20.1 Å². The fraction of sp³-hybridized carbons (Fsp3) is 0.364. The summed E-state index contributed by atoms with van der Waals surface area (Å²) in [4.78, 5) is 11.1. The molecular formula is C11H15NO2. The van der Waals surface area contributed by atoms with Gasteiger partial charge >= 0.3 is 5.97 Å². The second-order valence-electron chi connectivity index (χ2n) is 3.14. The number of hydrogen-bond acceptors (Lipinski definition) is 3. The number of carbonyl (C=O) groups excluding carboxylic acids is 1. The molecule has 1 rings (SSSR count). The van der Waals surface area contributed by atoms with E-state index in [0.717, 1.165) is 16.8 Å². The third kappa shape index (κ3) is 2.49. The van der Waals surface area contributed by atoms with Crippen molar-refractivity contribution < 1.29 is 9.53 Å². The minimum Gasteiger partial charge on any atom is -0.469 e. The van der Waals surface area contributed by atoms with Crippen molar-refractivity contribution >= 4 is 11.7 Å². The molecule has 1 aromatic carbocycles. The molecule has 0 amide bonds. The van der Waals surface area contributed by atoms with Crippen LogP contribution in [0.2, 0.25) is 0 Å². The van der Waals surface area contributed by atoms with Crippen LogP contribution in [0.15, 0.2) is 18.2 Å². The van der Waals surface area contributed by atoms with Gasteiger partial charge in [-0.1, -0.05) is 6.07 Å². The Morgan fingerprint density at radius 1 is 1.50 bits per heavy atom. The van der Waals surface area contributed by atoms with Crippen molar-refractivity contribution in [2.45, 2.75) is 13.3 Å². The van der Waals surface area contributed by atoms with Gasteiger partial charge in [0.25, 0.3) is 0 Å². The van der Waals surface area contributed by atoms with Gasteiger partial charge in [-0.05, 0) is 30.2 Å². The molecule has 14 heavy (non-hydrogen) atoms. The molecule has 0 atom stereocenters. The first-order chi connectivity index (χ1) is 6.67. The van der Waals surface area contributed by atoms with Crippen LogP contribution < -0.4 is 5.32 Å². The van der Waals surface area contributed by atoms with E-state index in [1.54, 1.807) is 0 Å². The molecule has 0 radical (unpaired) electrons. The van der Waals surface area contributed by atoms with Gasteiger partial charge in [-0.15, -0.1) is 0 Å². The summed E-state index contributed by atoms with van der Waals surface area (Å²) in [5.41, 5.74) is 3.12. The Morgan fingerprint density at radius 3 is 2.79 bits per heavy atom. The Morgan fingerprint density at radius 2 is 2.21 bits per heavy atom. The highest BCUT2D eigenvalue weighted by atomic mass is 16.5. The topological polar surface area (TPSA) is 38.3 Å². The molecule has 0 saturated heterocycles. The highest BCUT2D eigenvalue weighted by Crippen LogP contribution is 2.15. The van der Waals surface area contributed by atoms with Crippen molar-refractivity contribution in [1.29, 1.82) is 0 Å². The number of hydrogen-bond donors (Lipinski definition) is 1. The zero-order chi connectivity index (χ0) is 10.6. The molecule has 3 heteroatoms. The van der Waals surface area contributed by atoms with Crippen molar-refractivity contribution in [2.75, 3.05) is 19.5 Å². The number of carbonyl (C=O) groups is 1. The summed E-state index contributed by atoms with van der Waals surface area (Å²) in [5, 5.41) is 3.03. The lowest BCUT2D eigenvalue weighted by Gasteiger charge is -2.07. The standard InChI is InChI=1S/C11H15NO2/c1-8-4-5-10(12-2)6-9(8)7-11(13)14-3/h4-6,12H,7H2,1-3H3. The summed E-state index contributed by atoms with van der Waals surface area (Å²) in [5.74, 6) is -0.207. The van der Waals surface area contributed by atoms with E-state index in [-0.39, 0.29) is 5.97 Å². The fourth-order valence-electron chi connectivity index (χ4n) is 1.25. The molecule has 0 unspecified atom stereocenters. The summed E-state index contributed by atoms with van der Waals surface area (Å²) in [7, 11) is 3.26. The van der Waals surface area contributed by atoms with Crippen molar-refractivity contribution in [3.63, 3.8) is 0 Å². The van der Waals surface area contributed by atoms with Crippen LogP contribution in [-0.2, 0) is 16.0 Å². The molecule has 0 bridgehead atoms. The van der Waals surface area contributed by atoms with Gasteiger partial charge in [-0.25, -0.2) is 0 Å². The number of aryl methyl sites for hydroxylation is 1. The average molecular weight is 193 g/mol. The Balaban J connectivity index is 2.89. The minimum absolute atomic E-state index is 0.207. The van der Waals surface area contributed by atoms with Gasteiger partial charge in [-0.2, -0.15) is 0 Å². The van der Waals surface area contributed by atoms with Gasteiger partial charge in [0.1, 0.15) is 0 Å². The van der Waals surface area contributed by atoms with Crippen LogP contribution in [0.25, 0.3) is 0 Å². The summed E-state index contributed by atoms with van der Waals surface area (Å²) >= 11 is 0. The predicted octanol–water partition coefficient (Wildman–Crippen LogP) is 1.75. The number of esters is 1. The first-order valence-corrected chi connectivity index (χ1v) is 4.51. The summed E-state index contributed by atoms with van der Waals surface area (Å²) in [6.07, 6.45) is 0.331. The normalized spacial score (nSPS) is 9.64. The van der Waals surface area contributed by atoms with Crippen LogP contribution >= 0.6 is 0 Å². The maximum Gasteiger partial charge on any atom is 0.309 e. The second-order valence-corrected chi connectivity index (χ2v) is 3.14. The van der Waals surface area contributed by atoms with E-state index in [9.17, 15) is 4.79 Å². The lowest BCUT2D eigenvalue weighted by molar-refractivity contribution is -0.139. The smallest absolute Gasteiger partial charge is 0.309 e. The number of methoxy groups -OCH3 is 1. The summed E-state index contributed by atoms with van der Waals surface area (Å²) in [6, 6.07) is 5.94. The SMILES string of the molecule is CNc1ccc(C)c(CC(=O)OC)c1. The van der Waals surface area contributed by atoms with Gasteiger partial charge in [0, 0.05) is 12.7 Å². The van der Waals surface area contributed by atoms with Gasteiger partial charge in [-0.3, -0.25) is 4.79 Å². The second kappa shape index (κ2) is 4.65. The Bertz CT molecular complexity index is 334. The van der Waals surface area contributed by atoms with Gasteiger partial charge in [0.15, 0.2) is 0 Å². The van der Waals surface area contributed by atoms with Gasteiger partial charge in [0.05, 0.1) is 13.5 Å². The first kappa shape index (κ1) is 10.6. The van der Waals surface area contributed by atoms with Crippen molar-refractivity contribution in [1.82, 2.24) is 0 Å². The van der Waals surface area contributed by atoms with E-state index in [4.69, 9.17) is 0 Å². The number of rotatable bonds is 3. The highest BCUT2D eigenvalue weighted by Gasteiger charge is 2.06. The molecule has 0 heterocycles.